The van der Waals surface area contributed by atoms with Gasteiger partial charge in [-0.1, -0.05) is 0 Å². The van der Waals surface area contributed by atoms with Crippen LogP contribution < -0.4 is 10.4 Å². The third-order valence-corrected chi connectivity index (χ3v) is 6.19. The van der Waals surface area contributed by atoms with Crippen LogP contribution >= 0.6 is 0 Å². The molecule has 2 N–H and O–H groups in total. The molecule has 4 heterocycles. The molecule has 9 nitrogen and oxygen atoms in total. The number of methoxy groups -OCH3 is 1. The van der Waals surface area contributed by atoms with Crippen molar-refractivity contribution in [3.63, 3.8) is 0 Å². The van der Waals surface area contributed by atoms with E-state index in [9.17, 15) is 5.11 Å². The van der Waals surface area contributed by atoms with Gasteiger partial charge in [0.15, 0.2) is 0 Å². The Balaban J connectivity index is 1.54. The molecule has 0 bridgehead atoms. The average Bonchev–Trinajstić information content (AvgIpc) is 3.37. The predicted octanol–water partition coefficient (Wildman–Crippen LogP) is 2.61. The lowest BCUT2D eigenvalue weighted by Gasteiger charge is -2.34. The van der Waals surface area contributed by atoms with E-state index in [4.69, 9.17) is 11.1 Å². The molecule has 0 amide bonds. The second-order valence-corrected chi connectivity index (χ2v) is 8.69. The lowest BCUT2D eigenvalue weighted by Crippen LogP contribution is -2.35. The summed E-state index contributed by atoms with van der Waals surface area (Å²) >= 11 is 0. The highest BCUT2D eigenvalue weighted by molar-refractivity contribution is 5.83. The molecule has 0 aliphatic heterocycles. The summed E-state index contributed by atoms with van der Waals surface area (Å²) in [5.41, 5.74) is 2.04. The Morgan fingerprint density at radius 1 is 1.29 bits per heavy atom. The first kappa shape index (κ1) is 18.6. The first-order valence-corrected chi connectivity index (χ1v) is 10.5. The SMILES string of the molecule is [2H]c1cc(-c2cnc3nccn3c2)c2c(OC)nc(=NC3CCC(C(C)(C)O)CC3)[nH]n12. The van der Waals surface area contributed by atoms with Crippen LogP contribution in [0.3, 0.4) is 0 Å². The highest BCUT2D eigenvalue weighted by atomic mass is 16.5. The van der Waals surface area contributed by atoms with E-state index in [-0.39, 0.29) is 18.1 Å². The van der Waals surface area contributed by atoms with E-state index in [0.717, 1.165) is 36.8 Å². The number of hydrogen-bond donors (Lipinski definition) is 2. The summed E-state index contributed by atoms with van der Waals surface area (Å²) < 4.78 is 17.6. The lowest BCUT2D eigenvalue weighted by atomic mass is 9.77. The summed E-state index contributed by atoms with van der Waals surface area (Å²) in [6.07, 6.45) is 11.1. The number of H-pyrrole nitrogens is 1. The Kier molecular flexibility index (Phi) is 4.48. The molecule has 1 aliphatic carbocycles. The first-order chi connectivity index (χ1) is 15.3. The van der Waals surface area contributed by atoms with Crippen LogP contribution in [0.4, 0.5) is 0 Å². The molecule has 162 valence electrons. The van der Waals surface area contributed by atoms with Crippen molar-refractivity contribution in [1.29, 1.82) is 0 Å². The monoisotopic (exact) mass is 422 g/mol. The summed E-state index contributed by atoms with van der Waals surface area (Å²) in [6.45, 7) is 3.76. The van der Waals surface area contributed by atoms with Crippen molar-refractivity contribution in [3.8, 4) is 17.0 Å². The summed E-state index contributed by atoms with van der Waals surface area (Å²) in [7, 11) is 1.57. The number of aromatic nitrogens is 6. The van der Waals surface area contributed by atoms with Gasteiger partial charge in [0, 0.05) is 42.1 Å². The number of aliphatic hydroxyl groups is 1. The molecule has 4 aromatic heterocycles. The molecule has 31 heavy (non-hydrogen) atoms. The molecule has 4 aromatic rings. The molecule has 1 saturated carbocycles. The van der Waals surface area contributed by atoms with Crippen molar-refractivity contribution in [2.24, 2.45) is 10.9 Å². The zero-order valence-electron chi connectivity index (χ0n) is 18.9. The topological polar surface area (TPSA) is 105 Å². The van der Waals surface area contributed by atoms with Crippen molar-refractivity contribution < 1.29 is 11.2 Å². The van der Waals surface area contributed by atoms with Crippen LogP contribution in [0.15, 0.2) is 42.0 Å². The maximum Gasteiger partial charge on any atom is 0.243 e. The van der Waals surface area contributed by atoms with Gasteiger partial charge >= 0.3 is 0 Å². The van der Waals surface area contributed by atoms with Gasteiger partial charge in [0.25, 0.3) is 0 Å². The average molecular weight is 423 g/mol. The third kappa shape index (κ3) is 3.69. The number of aromatic amines is 1. The molecular formula is C22H27N7O2. The minimum atomic E-state index is -0.659. The fourth-order valence-corrected chi connectivity index (χ4v) is 4.42. The van der Waals surface area contributed by atoms with Gasteiger partial charge in [0.1, 0.15) is 5.52 Å². The largest absolute Gasteiger partial charge is 0.479 e. The van der Waals surface area contributed by atoms with Crippen molar-refractivity contribution in [2.75, 3.05) is 7.11 Å². The number of nitrogens with zero attached hydrogens (tertiary/aromatic N) is 6. The van der Waals surface area contributed by atoms with Crippen molar-refractivity contribution in [3.05, 3.63) is 42.6 Å². The summed E-state index contributed by atoms with van der Waals surface area (Å²) in [5.74, 6) is 1.29. The van der Waals surface area contributed by atoms with E-state index < -0.39 is 5.60 Å². The van der Waals surface area contributed by atoms with Crippen molar-refractivity contribution in [2.45, 2.75) is 51.2 Å². The molecule has 9 heteroatoms. The van der Waals surface area contributed by atoms with E-state index >= 15 is 0 Å². The second-order valence-electron chi connectivity index (χ2n) is 8.69. The van der Waals surface area contributed by atoms with Crippen LogP contribution in [-0.2, 0) is 0 Å². The summed E-state index contributed by atoms with van der Waals surface area (Å²) in [4.78, 5) is 17.9. The smallest absolute Gasteiger partial charge is 0.243 e. The molecule has 1 aliphatic rings. The number of nitrogens with one attached hydrogen (secondary N) is 1. The molecule has 1 fully saturated rings. The molecule has 0 unspecified atom stereocenters. The number of rotatable bonds is 4. The molecular weight excluding hydrogens is 394 g/mol. The van der Waals surface area contributed by atoms with Crippen LogP contribution in [0.1, 0.15) is 40.9 Å². The van der Waals surface area contributed by atoms with Crippen LogP contribution in [0.25, 0.3) is 22.4 Å². The van der Waals surface area contributed by atoms with Gasteiger partial charge in [-0.3, -0.25) is 14.0 Å². The van der Waals surface area contributed by atoms with Gasteiger partial charge in [0.05, 0.1) is 20.1 Å². The Labute approximate surface area is 180 Å². The standard InChI is InChI=1S/C22H27N7O2/c1-22(2,30)15-4-6-16(7-5-15)25-20-26-19(31-3)18-17(8-10-29(18)27-20)14-12-24-21-23-9-11-28(21)13-14/h8-13,15-16,30H,4-7H2,1-3H3,(H,25,27)/i10D. The van der Waals surface area contributed by atoms with Crippen molar-refractivity contribution in [1.82, 2.24) is 29.0 Å². The molecule has 0 aromatic carbocycles. The van der Waals surface area contributed by atoms with E-state index in [1.807, 2.05) is 30.6 Å². The Bertz CT molecular complexity index is 1340. The predicted molar refractivity (Wildman–Crippen MR) is 116 cm³/mol. The number of imidazole rings is 1. The quantitative estimate of drug-likeness (QED) is 0.526. The number of ether oxygens (including phenoxy) is 1. The van der Waals surface area contributed by atoms with Crippen LogP contribution in [0.5, 0.6) is 5.88 Å². The lowest BCUT2D eigenvalue weighted by molar-refractivity contribution is -0.00126. The van der Waals surface area contributed by atoms with Crippen molar-refractivity contribution >= 4 is 11.3 Å². The van der Waals surface area contributed by atoms with E-state index in [1.165, 1.54) is 0 Å². The fraction of sp³-hybridized carbons (Fsp3) is 0.455. The van der Waals surface area contributed by atoms with Crippen LogP contribution in [-0.4, -0.2) is 52.8 Å². The number of hydrogen-bond acceptors (Lipinski definition) is 6. The maximum absolute atomic E-state index is 10.3. The van der Waals surface area contributed by atoms with Crippen LogP contribution in [0.2, 0.25) is 0 Å². The van der Waals surface area contributed by atoms with Gasteiger partial charge in [-0.15, -0.1) is 0 Å². The normalized spacial score (nSPS) is 21.0. The first-order valence-electron chi connectivity index (χ1n) is 11.0. The zero-order valence-corrected chi connectivity index (χ0v) is 17.9. The molecule has 0 spiro atoms. The molecule has 5 rings (SSSR count). The van der Waals surface area contributed by atoms with Gasteiger partial charge < -0.3 is 9.84 Å². The summed E-state index contributed by atoms with van der Waals surface area (Å²) in [6, 6.07) is 1.88. The van der Waals surface area contributed by atoms with Crippen LogP contribution in [0, 0.1) is 5.92 Å². The molecule has 0 atom stereocenters. The Morgan fingerprint density at radius 2 is 2.10 bits per heavy atom. The van der Waals surface area contributed by atoms with Gasteiger partial charge in [-0.05, 0) is 51.5 Å². The van der Waals surface area contributed by atoms with Gasteiger partial charge in [0.2, 0.25) is 17.3 Å². The highest BCUT2D eigenvalue weighted by Crippen LogP contribution is 2.33. The minimum absolute atomic E-state index is 0.122. The Hall–Kier alpha value is -3.20. The Morgan fingerprint density at radius 3 is 2.84 bits per heavy atom. The summed E-state index contributed by atoms with van der Waals surface area (Å²) in [5, 5.41) is 13.4. The van der Waals surface area contributed by atoms with E-state index in [2.05, 4.69) is 20.1 Å². The second kappa shape index (κ2) is 7.49. The maximum atomic E-state index is 10.3. The highest BCUT2D eigenvalue weighted by Gasteiger charge is 2.31. The van der Waals surface area contributed by atoms with Gasteiger partial charge in [-0.25, -0.2) is 15.0 Å². The van der Waals surface area contributed by atoms with Gasteiger partial charge in [-0.2, -0.15) is 4.98 Å². The minimum Gasteiger partial charge on any atom is -0.479 e. The van der Waals surface area contributed by atoms with E-state index in [0.29, 0.717) is 22.8 Å². The third-order valence-electron chi connectivity index (χ3n) is 6.19. The zero-order chi connectivity index (χ0) is 22.5. The van der Waals surface area contributed by atoms with E-state index in [1.54, 1.807) is 30.1 Å². The molecule has 0 saturated heterocycles. The number of fused-ring (bicyclic) bond motifs is 2. The molecule has 0 radical (unpaired) electrons. The fourth-order valence-electron chi connectivity index (χ4n) is 4.42.